The molecule has 31 heavy (non-hydrogen) atoms. The van der Waals surface area contributed by atoms with E-state index in [0.29, 0.717) is 23.3 Å². The molecule has 6 nitrogen and oxygen atoms in total. The molecule has 0 aliphatic heterocycles. The van der Waals surface area contributed by atoms with Gasteiger partial charge in [0.1, 0.15) is 12.4 Å². The lowest BCUT2D eigenvalue weighted by Gasteiger charge is -2.29. The van der Waals surface area contributed by atoms with E-state index >= 15 is 0 Å². The molecule has 4 rings (SSSR count). The van der Waals surface area contributed by atoms with E-state index in [1.807, 2.05) is 49.5 Å². The third-order valence-electron chi connectivity index (χ3n) is 5.32. The Hall–Kier alpha value is -3.77. The monoisotopic (exact) mass is 412 g/mol. The predicted molar refractivity (Wildman–Crippen MR) is 121 cm³/mol. The van der Waals surface area contributed by atoms with Gasteiger partial charge in [-0.25, -0.2) is 4.98 Å². The number of nitrogens with two attached hydrogens (primary N) is 1. The summed E-state index contributed by atoms with van der Waals surface area (Å²) in [5.41, 5.74) is 8.03. The van der Waals surface area contributed by atoms with Gasteiger partial charge in [-0.2, -0.15) is 0 Å². The number of aromatic nitrogens is 2. The molecule has 0 saturated heterocycles. The van der Waals surface area contributed by atoms with Gasteiger partial charge < -0.3 is 5.73 Å². The second-order valence-electron chi connectivity index (χ2n) is 7.54. The zero-order chi connectivity index (χ0) is 21.8. The number of carbonyl (C=O) groups excluding carboxylic acids is 1. The average molecular weight is 412 g/mol. The number of benzene rings is 3. The van der Waals surface area contributed by atoms with Gasteiger partial charge in [0.15, 0.2) is 0 Å². The molecular formula is C25H24N4O2. The zero-order valence-corrected chi connectivity index (χ0v) is 17.3. The molecule has 1 aromatic heterocycles. The van der Waals surface area contributed by atoms with Crippen LogP contribution >= 0.6 is 0 Å². The van der Waals surface area contributed by atoms with Crippen LogP contribution in [0.1, 0.15) is 23.0 Å². The molecule has 0 fully saturated rings. The van der Waals surface area contributed by atoms with Crippen molar-refractivity contribution in [2.24, 2.45) is 5.73 Å². The van der Waals surface area contributed by atoms with Crippen LogP contribution in [0.2, 0.25) is 0 Å². The van der Waals surface area contributed by atoms with Gasteiger partial charge >= 0.3 is 0 Å². The van der Waals surface area contributed by atoms with Crippen molar-refractivity contribution < 1.29 is 4.79 Å². The van der Waals surface area contributed by atoms with E-state index in [-0.39, 0.29) is 18.1 Å². The fraction of sp³-hybridized carbons (Fsp3) is 0.160. The van der Waals surface area contributed by atoms with Gasteiger partial charge in [-0.15, -0.1) is 0 Å². The van der Waals surface area contributed by atoms with Gasteiger partial charge in [-0.3, -0.25) is 19.1 Å². The zero-order valence-electron chi connectivity index (χ0n) is 17.3. The predicted octanol–water partition coefficient (Wildman–Crippen LogP) is 3.10. The van der Waals surface area contributed by atoms with Crippen LogP contribution in [0.4, 0.5) is 0 Å². The highest BCUT2D eigenvalue weighted by molar-refractivity contribution is 5.78. The molecule has 2 N–H and O–H groups in total. The van der Waals surface area contributed by atoms with Crippen LogP contribution in [0.15, 0.2) is 89.7 Å². The minimum absolute atomic E-state index is 0.0483. The van der Waals surface area contributed by atoms with E-state index in [2.05, 4.69) is 29.2 Å². The summed E-state index contributed by atoms with van der Waals surface area (Å²) in [6.07, 6.45) is 0. The smallest absolute Gasteiger partial charge is 0.261 e. The first-order chi connectivity index (χ1) is 15.0. The molecule has 0 bridgehead atoms. The van der Waals surface area contributed by atoms with Gasteiger partial charge in [0.2, 0.25) is 5.91 Å². The summed E-state index contributed by atoms with van der Waals surface area (Å²) in [4.78, 5) is 31.6. The van der Waals surface area contributed by atoms with E-state index < -0.39 is 5.91 Å². The van der Waals surface area contributed by atoms with Crippen LogP contribution in [0.25, 0.3) is 10.9 Å². The van der Waals surface area contributed by atoms with Crippen molar-refractivity contribution in [2.45, 2.75) is 19.1 Å². The Morgan fingerprint density at radius 1 is 0.935 bits per heavy atom. The lowest BCUT2D eigenvalue weighted by Crippen LogP contribution is -2.35. The number of fused-ring (bicyclic) bond motifs is 1. The molecule has 0 atom stereocenters. The molecule has 0 radical (unpaired) electrons. The van der Waals surface area contributed by atoms with Crippen LogP contribution in [0.3, 0.4) is 0 Å². The maximum atomic E-state index is 13.1. The number of carbonyl (C=O) groups is 1. The largest absolute Gasteiger partial charge is 0.368 e. The molecular weight excluding hydrogens is 388 g/mol. The number of amides is 1. The van der Waals surface area contributed by atoms with Crippen molar-refractivity contribution >= 4 is 16.8 Å². The van der Waals surface area contributed by atoms with E-state index in [1.54, 1.807) is 18.2 Å². The number of hydrogen-bond acceptors (Lipinski definition) is 4. The third-order valence-corrected chi connectivity index (χ3v) is 5.32. The van der Waals surface area contributed by atoms with Crippen molar-refractivity contribution in [2.75, 3.05) is 7.05 Å². The molecule has 0 unspecified atom stereocenters. The van der Waals surface area contributed by atoms with Crippen molar-refractivity contribution in [3.8, 4) is 0 Å². The lowest BCUT2D eigenvalue weighted by molar-refractivity contribution is -0.118. The van der Waals surface area contributed by atoms with Crippen LogP contribution < -0.4 is 11.3 Å². The lowest BCUT2D eigenvalue weighted by atomic mass is 9.97. The standard InChI is InChI=1S/C25H24N4O2/c1-28(24(18-10-4-2-5-11-18)19-12-6-3-7-13-19)17-23-27-21-15-9-8-14-20(21)25(31)29(23)16-22(26)30/h2-15,24H,16-17H2,1H3,(H2,26,30). The molecule has 0 saturated carbocycles. The van der Waals surface area contributed by atoms with Gasteiger partial charge in [0.05, 0.1) is 23.5 Å². The summed E-state index contributed by atoms with van der Waals surface area (Å²) in [6.45, 7) is 0.156. The number of hydrogen-bond donors (Lipinski definition) is 1. The van der Waals surface area contributed by atoms with Crippen LogP contribution in [-0.2, 0) is 17.9 Å². The second-order valence-corrected chi connectivity index (χ2v) is 7.54. The molecule has 0 spiro atoms. The summed E-state index contributed by atoms with van der Waals surface area (Å²) < 4.78 is 1.38. The topological polar surface area (TPSA) is 81.2 Å². The number of nitrogens with zero attached hydrogens (tertiary/aromatic N) is 3. The van der Waals surface area contributed by atoms with Crippen molar-refractivity contribution in [1.29, 1.82) is 0 Å². The molecule has 0 aliphatic carbocycles. The SMILES string of the molecule is CN(Cc1nc2ccccc2c(=O)n1CC(N)=O)C(c1ccccc1)c1ccccc1. The van der Waals surface area contributed by atoms with Crippen LogP contribution in [0.5, 0.6) is 0 Å². The Labute approximate surface area is 180 Å². The molecule has 156 valence electrons. The van der Waals surface area contributed by atoms with Crippen LogP contribution in [-0.4, -0.2) is 27.4 Å². The molecule has 1 amide bonds. The van der Waals surface area contributed by atoms with Gasteiger partial charge in [0, 0.05) is 0 Å². The van der Waals surface area contributed by atoms with Gasteiger partial charge in [0.25, 0.3) is 5.56 Å². The molecule has 6 heteroatoms. The fourth-order valence-corrected chi connectivity index (χ4v) is 3.94. The van der Waals surface area contributed by atoms with Gasteiger partial charge in [-0.1, -0.05) is 72.8 Å². The Bertz CT molecular complexity index is 1210. The van der Waals surface area contributed by atoms with Crippen molar-refractivity contribution in [3.05, 3.63) is 112 Å². The summed E-state index contributed by atoms with van der Waals surface area (Å²) in [5, 5.41) is 0.470. The van der Waals surface area contributed by atoms with E-state index in [0.717, 1.165) is 11.1 Å². The van der Waals surface area contributed by atoms with Crippen molar-refractivity contribution in [3.63, 3.8) is 0 Å². The summed E-state index contributed by atoms with van der Waals surface area (Å²) in [5.74, 6) is -0.0763. The summed E-state index contributed by atoms with van der Waals surface area (Å²) >= 11 is 0. The van der Waals surface area contributed by atoms with E-state index in [9.17, 15) is 9.59 Å². The van der Waals surface area contributed by atoms with Crippen LogP contribution in [0, 0.1) is 0 Å². The van der Waals surface area contributed by atoms with E-state index in [1.165, 1.54) is 4.57 Å². The fourth-order valence-electron chi connectivity index (χ4n) is 3.94. The Morgan fingerprint density at radius 3 is 2.06 bits per heavy atom. The Balaban J connectivity index is 1.79. The highest BCUT2D eigenvalue weighted by Gasteiger charge is 2.22. The summed E-state index contributed by atoms with van der Waals surface area (Å²) in [7, 11) is 1.99. The molecule has 3 aromatic carbocycles. The number of primary amides is 1. The molecule has 4 aromatic rings. The minimum Gasteiger partial charge on any atom is -0.368 e. The average Bonchev–Trinajstić information content (AvgIpc) is 2.78. The third kappa shape index (κ3) is 4.39. The van der Waals surface area contributed by atoms with Gasteiger partial charge in [-0.05, 0) is 30.3 Å². The first kappa shape index (κ1) is 20.5. The quantitative estimate of drug-likeness (QED) is 0.506. The molecule has 0 aliphatic rings. The normalized spacial score (nSPS) is 11.3. The highest BCUT2D eigenvalue weighted by Crippen LogP contribution is 2.28. The number of rotatable bonds is 7. The first-order valence-electron chi connectivity index (χ1n) is 10.1. The maximum absolute atomic E-state index is 13.1. The van der Waals surface area contributed by atoms with E-state index in [4.69, 9.17) is 10.7 Å². The second kappa shape index (κ2) is 8.93. The first-order valence-corrected chi connectivity index (χ1v) is 10.1. The van der Waals surface area contributed by atoms with Crippen molar-refractivity contribution in [1.82, 2.24) is 14.5 Å². The molecule has 1 heterocycles. The maximum Gasteiger partial charge on any atom is 0.261 e. The summed E-state index contributed by atoms with van der Waals surface area (Å²) in [6, 6.07) is 27.4. The Kier molecular flexibility index (Phi) is 5.91. The number of para-hydroxylation sites is 1. The highest BCUT2D eigenvalue weighted by atomic mass is 16.2. The Morgan fingerprint density at radius 2 is 1.48 bits per heavy atom. The minimum atomic E-state index is -0.578.